The topological polar surface area (TPSA) is 132 Å². The minimum Gasteiger partial charge on any atom is -0.462 e. The average molecular weight is 601 g/mol. The van der Waals surface area contributed by atoms with Crippen molar-refractivity contribution < 1.29 is 43.9 Å². The van der Waals surface area contributed by atoms with Crippen LogP contribution in [0.4, 0.5) is 0 Å². The molecule has 0 aromatic carbocycles. The van der Waals surface area contributed by atoms with Crippen LogP contribution in [0.5, 0.6) is 0 Å². The highest BCUT2D eigenvalue weighted by Crippen LogP contribution is 2.47. The molecule has 3 N–H and O–H groups in total. The van der Waals surface area contributed by atoms with E-state index in [4.69, 9.17) is 18.9 Å². The maximum absolute atomic E-state index is 14.0. The van der Waals surface area contributed by atoms with Crippen molar-refractivity contribution in [3.63, 3.8) is 0 Å². The van der Waals surface area contributed by atoms with E-state index < -0.39 is 53.8 Å². The van der Waals surface area contributed by atoms with Gasteiger partial charge in [-0.3, -0.25) is 9.59 Å². The van der Waals surface area contributed by atoms with Crippen molar-refractivity contribution in [2.45, 2.75) is 122 Å². The largest absolute Gasteiger partial charge is 0.462 e. The Hall–Kier alpha value is -2.14. The van der Waals surface area contributed by atoms with Crippen LogP contribution in [0.25, 0.3) is 0 Å². The Labute approximate surface area is 254 Å². The third-order valence-electron chi connectivity index (χ3n) is 10.4. The number of esters is 1. The molecule has 3 fully saturated rings. The molecule has 0 radical (unpaired) electrons. The van der Waals surface area contributed by atoms with Gasteiger partial charge in [0.25, 0.3) is 0 Å². The summed E-state index contributed by atoms with van der Waals surface area (Å²) < 4.78 is 25.3. The highest BCUT2D eigenvalue weighted by Gasteiger charge is 2.60. The lowest BCUT2D eigenvalue weighted by Gasteiger charge is -2.52. The summed E-state index contributed by atoms with van der Waals surface area (Å²) in [6.07, 6.45) is 6.95. The number of aliphatic hydroxyl groups excluding tert-OH is 2. The fourth-order valence-corrected chi connectivity index (χ4v) is 7.42. The van der Waals surface area contributed by atoms with Crippen LogP contribution in [0.3, 0.4) is 0 Å². The van der Waals surface area contributed by atoms with E-state index in [0.717, 1.165) is 12.0 Å². The van der Waals surface area contributed by atoms with Gasteiger partial charge in [0.1, 0.15) is 17.6 Å². The molecule has 9 nitrogen and oxygen atoms in total. The summed E-state index contributed by atoms with van der Waals surface area (Å²) in [6.45, 7) is 11.6. The summed E-state index contributed by atoms with van der Waals surface area (Å²) in [7, 11) is 0. The first kappa shape index (κ1) is 32.3. The molecule has 43 heavy (non-hydrogen) atoms. The normalized spacial score (nSPS) is 47.8. The maximum Gasteiger partial charge on any atom is 0.316 e. The molecule has 0 aromatic rings. The molecule has 3 saturated heterocycles. The monoisotopic (exact) mass is 600 g/mol. The number of hydrogen-bond acceptors (Lipinski definition) is 9. The predicted molar refractivity (Wildman–Crippen MR) is 159 cm³/mol. The standard InChI is InChI=1S/C34H48O9/c1-7-18(2)30-22(6)27(35)16-33(43-30)15-25-14-24(42-33)12-11-20(4)28(36)19(3)9-8-10-23-17-40-31-29(37)21(5)13-26(32(38)41-25)34(23,31)39/h8-11,13,18-19,22,24-28,30-31,35-36,39H,7,12,14-17H2,1-6H3/b9-8+,20-11+,23-10+/t18?,19-,22-,24+,25-,26-,27-,28-,30+,31+,33-,34+/m0/s1. The summed E-state index contributed by atoms with van der Waals surface area (Å²) >= 11 is 0. The van der Waals surface area contributed by atoms with E-state index in [9.17, 15) is 24.9 Å². The molecule has 1 unspecified atom stereocenters. The summed E-state index contributed by atoms with van der Waals surface area (Å²) in [5.41, 5.74) is -0.375. The van der Waals surface area contributed by atoms with E-state index in [1.807, 2.05) is 32.9 Å². The van der Waals surface area contributed by atoms with Crippen LogP contribution in [0.15, 0.2) is 47.1 Å². The molecule has 5 rings (SSSR count). The molecule has 0 saturated carbocycles. The molecule has 238 valence electrons. The summed E-state index contributed by atoms with van der Waals surface area (Å²) in [5, 5.41) is 34.2. The lowest BCUT2D eigenvalue weighted by Crippen LogP contribution is -2.59. The molecule has 4 aliphatic heterocycles. The number of Topliss-reactive ketones (excluding diaryl/α,β-unsaturated/α-hetero) is 1. The molecule has 9 heteroatoms. The van der Waals surface area contributed by atoms with E-state index in [1.54, 1.807) is 19.1 Å². The molecule has 4 heterocycles. The lowest BCUT2D eigenvalue weighted by atomic mass is 9.71. The fourth-order valence-electron chi connectivity index (χ4n) is 7.42. The van der Waals surface area contributed by atoms with Gasteiger partial charge in [-0.25, -0.2) is 0 Å². The van der Waals surface area contributed by atoms with Gasteiger partial charge in [-0.1, -0.05) is 64.5 Å². The number of aliphatic hydroxyl groups is 3. The van der Waals surface area contributed by atoms with Crippen molar-refractivity contribution >= 4 is 11.8 Å². The molecule has 2 bridgehead atoms. The van der Waals surface area contributed by atoms with Crippen LogP contribution in [0.1, 0.15) is 73.6 Å². The highest BCUT2D eigenvalue weighted by molar-refractivity contribution is 6.03. The minimum absolute atomic E-state index is 0.0125. The van der Waals surface area contributed by atoms with Crippen LogP contribution in [-0.2, 0) is 28.5 Å². The zero-order valence-electron chi connectivity index (χ0n) is 26.2. The van der Waals surface area contributed by atoms with E-state index in [2.05, 4.69) is 13.8 Å². The zero-order chi connectivity index (χ0) is 31.3. The summed E-state index contributed by atoms with van der Waals surface area (Å²) in [4.78, 5) is 27.0. The van der Waals surface area contributed by atoms with Crippen molar-refractivity contribution in [3.05, 3.63) is 47.1 Å². The smallest absolute Gasteiger partial charge is 0.316 e. The second-order valence-electron chi connectivity index (χ2n) is 13.5. The van der Waals surface area contributed by atoms with E-state index in [0.29, 0.717) is 24.0 Å². The van der Waals surface area contributed by atoms with Gasteiger partial charge in [0, 0.05) is 31.1 Å². The van der Waals surface area contributed by atoms with E-state index >= 15 is 0 Å². The fraction of sp³-hybridized carbons (Fsp3) is 0.706. The molecule has 1 spiro atoms. The first-order valence-corrected chi connectivity index (χ1v) is 15.8. The quantitative estimate of drug-likeness (QED) is 0.321. The van der Waals surface area contributed by atoms with Gasteiger partial charge in [0.2, 0.25) is 0 Å². The van der Waals surface area contributed by atoms with Crippen molar-refractivity contribution in [1.29, 1.82) is 0 Å². The Balaban J connectivity index is 1.55. The van der Waals surface area contributed by atoms with Gasteiger partial charge in [-0.2, -0.15) is 0 Å². The van der Waals surface area contributed by atoms with Gasteiger partial charge < -0.3 is 34.3 Å². The second-order valence-corrected chi connectivity index (χ2v) is 13.5. The molecule has 1 aliphatic carbocycles. The lowest BCUT2D eigenvalue weighted by molar-refractivity contribution is -0.354. The number of carbonyl (C=O) groups is 2. The Bertz CT molecular complexity index is 1220. The van der Waals surface area contributed by atoms with Gasteiger partial charge in [0.15, 0.2) is 17.7 Å². The van der Waals surface area contributed by atoms with E-state index in [1.165, 1.54) is 6.08 Å². The average Bonchev–Trinajstić information content (AvgIpc) is 3.30. The Morgan fingerprint density at radius 3 is 2.56 bits per heavy atom. The molecule has 5 aliphatic rings. The Kier molecular flexibility index (Phi) is 9.25. The highest BCUT2D eigenvalue weighted by atomic mass is 16.7. The Morgan fingerprint density at radius 2 is 1.84 bits per heavy atom. The van der Waals surface area contributed by atoms with Crippen molar-refractivity contribution in [2.75, 3.05) is 6.61 Å². The van der Waals surface area contributed by atoms with Gasteiger partial charge >= 0.3 is 5.97 Å². The number of fused-ring (bicyclic) bond motifs is 2. The SMILES string of the molecule is CCC(C)[C@H]1O[C@@]2(C[C@@H]3C[C@@H](C/C=C(\C)[C@@H](O)[C@@H](C)/C=C/C=C4\CO[C@@H]5C(=O)C(C)=C[C@@H](C(=O)O3)[C@]45O)O2)C[C@H](O)[C@@H]1C. The molecule has 0 amide bonds. The van der Waals surface area contributed by atoms with Gasteiger partial charge in [-0.05, 0) is 42.9 Å². The summed E-state index contributed by atoms with van der Waals surface area (Å²) in [5.74, 6) is -3.48. The first-order valence-electron chi connectivity index (χ1n) is 15.8. The number of carbonyl (C=O) groups excluding carboxylic acids is 2. The minimum atomic E-state index is -1.90. The molecular weight excluding hydrogens is 552 g/mol. The predicted octanol–water partition coefficient (Wildman–Crippen LogP) is 3.71. The number of ketones is 1. The third-order valence-corrected chi connectivity index (χ3v) is 10.4. The number of hydrogen-bond donors (Lipinski definition) is 3. The molecule has 0 aromatic heterocycles. The van der Waals surface area contributed by atoms with E-state index in [-0.39, 0.29) is 49.1 Å². The molecular formula is C34H48O9. The van der Waals surface area contributed by atoms with Crippen molar-refractivity contribution in [3.8, 4) is 0 Å². The van der Waals surface area contributed by atoms with Crippen LogP contribution in [0.2, 0.25) is 0 Å². The van der Waals surface area contributed by atoms with Crippen molar-refractivity contribution in [1.82, 2.24) is 0 Å². The number of ether oxygens (including phenoxy) is 4. The Morgan fingerprint density at radius 1 is 1.09 bits per heavy atom. The van der Waals surface area contributed by atoms with Crippen molar-refractivity contribution in [2.24, 2.45) is 23.7 Å². The van der Waals surface area contributed by atoms with Crippen LogP contribution >= 0.6 is 0 Å². The van der Waals surface area contributed by atoms with Gasteiger partial charge in [0.05, 0.1) is 31.0 Å². The first-order chi connectivity index (χ1) is 20.3. The zero-order valence-corrected chi connectivity index (χ0v) is 26.2. The molecule has 12 atom stereocenters. The van der Waals surface area contributed by atoms with Crippen LogP contribution < -0.4 is 0 Å². The number of allylic oxidation sites excluding steroid dienone is 2. The summed E-state index contributed by atoms with van der Waals surface area (Å²) in [6, 6.07) is 0. The van der Waals surface area contributed by atoms with Crippen LogP contribution in [-0.4, -0.2) is 81.7 Å². The van der Waals surface area contributed by atoms with Gasteiger partial charge in [-0.15, -0.1) is 0 Å². The number of rotatable bonds is 2. The second kappa shape index (κ2) is 12.3. The van der Waals surface area contributed by atoms with Crippen LogP contribution in [0, 0.1) is 23.7 Å². The third kappa shape index (κ3) is 5.97. The maximum atomic E-state index is 14.0.